The third-order valence-electron chi connectivity index (χ3n) is 27.5. The van der Waals surface area contributed by atoms with Gasteiger partial charge in [-0.1, -0.05) is 252 Å². The molecule has 0 aliphatic carbocycles. The van der Waals surface area contributed by atoms with E-state index in [-0.39, 0.29) is 72.3 Å². The molecule has 1 saturated heterocycles. The van der Waals surface area contributed by atoms with Crippen molar-refractivity contribution in [1.29, 1.82) is 0 Å². The smallest absolute Gasteiger partial charge is 0.416 e. The van der Waals surface area contributed by atoms with Crippen molar-refractivity contribution < 1.29 is 36.7 Å². The van der Waals surface area contributed by atoms with Crippen LogP contribution in [0.4, 0.5) is 17.6 Å². The number of nitrogens with one attached hydrogen (secondary N) is 10. The van der Waals surface area contributed by atoms with Gasteiger partial charge in [0.2, 0.25) is 0 Å². The van der Waals surface area contributed by atoms with Crippen molar-refractivity contribution in [3.05, 3.63) is 319 Å². The molecule has 1 aliphatic heterocycles. The molecular weight excluding hydrogens is 1890 g/mol. The van der Waals surface area contributed by atoms with Crippen molar-refractivity contribution in [1.82, 2.24) is 55.1 Å². The molecule has 20 heteroatoms. The number of nitrogens with zero attached hydrogens (tertiary/aromatic N) is 1. The Labute approximate surface area is 893 Å². The second-order valence-electron chi connectivity index (χ2n) is 50.9. The Balaban J connectivity index is 0.000000161. The number of carbonyl (C=O) groups excluding carboxylic acids is 3. The molecule has 9 aromatic carbocycles. The lowest BCUT2D eigenvalue weighted by Gasteiger charge is -2.30. The number of H-pyrrole nitrogens is 9. The molecule has 9 aromatic heterocycles. The summed E-state index contributed by atoms with van der Waals surface area (Å²) in [6.45, 7) is 77.7. The van der Waals surface area contributed by atoms with Crippen molar-refractivity contribution >= 4 is 128 Å². The standard InChI is InChI=1S/C18H24N2O.C17H24N2O.C16H23N.C15H19NO2.C14H19N.C13H14F3N.C13H17N.C12H14ClN.C12H14FN/c1-18(2,3)15-12-16-13(7-8-19-16)11-14(15)17(21)20-9-5-4-6-10-20;1-11(2)10-19-16(20)13-8-12-6-7-18-15(12)9-14(13)17(3,4)5;1-15(2,3)12-9-11-7-8-17-14(11)10-13(12)16(4,5)6;1-5-18-14(17)11-8-10-6-7-16-13(10)9-12(11)15(2,3)4;1-5-10-8-11-6-7-15-13(11)9-12(10)14(2,3)4;1-12(2,3)9-7-11-8(4-5-17-11)6-10(9)13(14,15)16;1-9-8-14-11-7-5-6-10(12(9)11)13(2,3)4;2*1-12(2,3)9-7-11-8(4-5-14-11)6-10(9)13/h7-8,11-12,19H,4-6,9-10H2,1-3H3;6-9,11,18H,10H2,1-5H3,(H,19,20);7-10,17H,1-6H3;6-9,16H,5H2,1-4H3;6-9,15H,5H2,1-4H3;4-7,17H,1-3H3;5-8,14H,1-4H3;2*4-7,14H,1-3H3. The Hall–Kier alpha value is -12.7. The van der Waals surface area contributed by atoms with Gasteiger partial charge in [0, 0.05) is 174 Å². The molecule has 2 amide bonds. The van der Waals surface area contributed by atoms with E-state index in [1.165, 1.54) is 89.5 Å². The predicted molar refractivity (Wildman–Crippen MR) is 629 cm³/mol. The fraction of sp³-hybridized carbons (Fsp3) is 0.423. The molecule has 10 N–H and O–H groups in total. The Kier molecular flexibility index (Phi) is 36.5. The van der Waals surface area contributed by atoms with E-state index >= 15 is 0 Å². The number of aromatic nitrogens is 9. The van der Waals surface area contributed by atoms with Crippen molar-refractivity contribution in [2.45, 2.75) is 328 Å². The van der Waals surface area contributed by atoms with Gasteiger partial charge in [-0.15, -0.1) is 0 Å². The van der Waals surface area contributed by atoms with Gasteiger partial charge in [0.25, 0.3) is 11.8 Å². The molecule has 1 aliphatic rings. The highest BCUT2D eigenvalue weighted by Gasteiger charge is 2.38. The van der Waals surface area contributed by atoms with Crippen LogP contribution < -0.4 is 5.32 Å². The minimum Gasteiger partial charge on any atom is -0.462 e. The normalized spacial score (nSPS) is 13.0. The predicted octanol–water partition coefficient (Wildman–Crippen LogP) is 36.4. The monoisotopic (exact) mass is 2060 g/mol. The minimum atomic E-state index is -4.31. The minimum absolute atomic E-state index is 0.0201. The first-order valence-corrected chi connectivity index (χ1v) is 53.6. The molecule has 0 unspecified atom stereocenters. The van der Waals surface area contributed by atoms with Gasteiger partial charge in [-0.2, -0.15) is 13.2 Å². The molecule has 0 radical (unpaired) electrons. The average Bonchev–Trinajstić information content (AvgIpc) is 1.64. The molecule has 0 saturated carbocycles. The van der Waals surface area contributed by atoms with Crippen LogP contribution in [0.1, 0.15) is 358 Å². The maximum Gasteiger partial charge on any atom is 0.416 e. The highest BCUT2D eigenvalue weighted by Crippen LogP contribution is 2.44. The van der Waals surface area contributed by atoms with E-state index in [0.29, 0.717) is 35.6 Å². The van der Waals surface area contributed by atoms with Crippen LogP contribution in [0.2, 0.25) is 5.02 Å². The maximum absolute atomic E-state index is 13.7. The van der Waals surface area contributed by atoms with E-state index in [4.69, 9.17) is 16.3 Å². The summed E-state index contributed by atoms with van der Waals surface area (Å²) in [4.78, 5) is 68.3. The van der Waals surface area contributed by atoms with E-state index < -0.39 is 17.2 Å². The van der Waals surface area contributed by atoms with Gasteiger partial charge in [0.05, 0.1) is 17.7 Å². The molecule has 1 fully saturated rings. The molecule has 0 bridgehead atoms. The van der Waals surface area contributed by atoms with E-state index in [1.54, 1.807) is 45.2 Å². The molecular formula is C130H168ClF4N11O4. The lowest BCUT2D eigenvalue weighted by Crippen LogP contribution is -2.36. The summed E-state index contributed by atoms with van der Waals surface area (Å²) in [6.07, 6.45) is 17.5. The second kappa shape index (κ2) is 46.6. The molecule has 0 atom stereocenters. The maximum atomic E-state index is 13.7. The SMILES string of the molecule is CC(C)(C)c1cc2[nH]ccc2cc1C(=O)N1CCCCC1.CC(C)(C)c1cc2[nH]ccc2cc1C(F)(F)F.CC(C)(C)c1cc2[nH]ccc2cc1Cl.CC(C)(C)c1cc2[nH]ccc2cc1F.CC(C)(C)c1cc2cc[nH]c2cc1C(C)(C)C.CC(C)CNC(=O)c1cc2cc[nH]c2cc1C(C)(C)C.CCOC(=O)c1cc2cc[nH]c2cc1C(C)(C)C.CCc1cc2cc[nH]c2cc1C(C)(C)C.Cc1c[nH]c2cccc(C(C)(C)C)c12. The number of hydrogen-bond donors (Lipinski definition) is 10. The fourth-order valence-electron chi connectivity index (χ4n) is 19.3. The van der Waals surface area contributed by atoms with Crippen LogP contribution in [0, 0.1) is 18.7 Å². The number of amides is 2. The summed E-state index contributed by atoms with van der Waals surface area (Å²) in [5.41, 5.74) is 25.7. The van der Waals surface area contributed by atoms with Crippen LogP contribution in [0.5, 0.6) is 0 Å². The van der Waals surface area contributed by atoms with Gasteiger partial charge in [0.15, 0.2) is 0 Å². The van der Waals surface area contributed by atoms with Crippen LogP contribution >= 0.6 is 11.6 Å². The molecule has 802 valence electrons. The number of likely N-dealkylation sites (tertiary alicyclic amines) is 1. The zero-order chi connectivity index (χ0) is 111. The number of alkyl halides is 3. The third-order valence-corrected chi connectivity index (χ3v) is 27.8. The van der Waals surface area contributed by atoms with Crippen molar-refractivity contribution in [3.8, 4) is 0 Å². The van der Waals surface area contributed by atoms with Crippen molar-refractivity contribution in [3.63, 3.8) is 0 Å². The van der Waals surface area contributed by atoms with E-state index in [0.717, 1.165) is 125 Å². The van der Waals surface area contributed by atoms with Crippen LogP contribution in [-0.2, 0) is 71.5 Å². The number of carbonyl (C=O) groups is 3. The molecule has 150 heavy (non-hydrogen) atoms. The Morgan fingerprint density at radius 2 is 0.660 bits per heavy atom. The highest BCUT2D eigenvalue weighted by atomic mass is 35.5. The molecule has 19 rings (SSSR count). The fourth-order valence-corrected chi connectivity index (χ4v) is 19.7. The summed E-state index contributed by atoms with van der Waals surface area (Å²) >= 11 is 6.23. The number of esters is 1. The Bertz CT molecular complexity index is 7370. The zero-order valence-electron chi connectivity index (χ0n) is 96.0. The second-order valence-corrected chi connectivity index (χ2v) is 51.3. The van der Waals surface area contributed by atoms with Crippen LogP contribution in [0.3, 0.4) is 0 Å². The van der Waals surface area contributed by atoms with Crippen molar-refractivity contribution in [2.24, 2.45) is 5.92 Å². The Morgan fingerprint density at radius 1 is 0.347 bits per heavy atom. The van der Waals surface area contributed by atoms with Gasteiger partial charge >= 0.3 is 12.1 Å². The number of fused-ring (bicyclic) bond motifs is 9. The average molecular weight is 2060 g/mol. The van der Waals surface area contributed by atoms with Gasteiger partial charge in [-0.05, 0) is 334 Å². The summed E-state index contributed by atoms with van der Waals surface area (Å²) in [5.74, 6) is 0.303. The van der Waals surface area contributed by atoms with Gasteiger partial charge < -0.3 is 59.8 Å². The van der Waals surface area contributed by atoms with Gasteiger partial charge in [-0.3, -0.25) is 9.59 Å². The lowest BCUT2D eigenvalue weighted by atomic mass is 9.75. The van der Waals surface area contributed by atoms with Crippen LogP contribution in [-0.4, -0.2) is 93.8 Å². The van der Waals surface area contributed by atoms with Crippen molar-refractivity contribution in [2.75, 3.05) is 26.2 Å². The first-order chi connectivity index (χ1) is 69.6. The van der Waals surface area contributed by atoms with Crippen LogP contribution in [0.25, 0.3) is 98.1 Å². The lowest BCUT2D eigenvalue weighted by molar-refractivity contribution is -0.138. The van der Waals surface area contributed by atoms with Crippen LogP contribution in [0.15, 0.2) is 220 Å². The quantitative estimate of drug-likeness (QED) is 0.0556. The number of aromatic amines is 9. The zero-order valence-corrected chi connectivity index (χ0v) is 96.7. The largest absolute Gasteiger partial charge is 0.462 e. The summed E-state index contributed by atoms with van der Waals surface area (Å²) in [7, 11) is 0. The highest BCUT2D eigenvalue weighted by molar-refractivity contribution is 6.32. The molecule has 15 nitrogen and oxygen atoms in total. The van der Waals surface area contributed by atoms with E-state index in [1.807, 2.05) is 137 Å². The molecule has 18 aromatic rings. The first kappa shape index (κ1) is 118. The number of rotatable bonds is 7. The van der Waals surface area contributed by atoms with Gasteiger partial charge in [-0.25, -0.2) is 9.18 Å². The topological polar surface area (TPSA) is 218 Å². The Morgan fingerprint density at radius 3 is 1.04 bits per heavy atom. The third kappa shape index (κ3) is 29.8. The number of benzene rings is 9. The number of aryl methyl sites for hydroxylation is 2. The first-order valence-electron chi connectivity index (χ1n) is 53.2. The van der Waals surface area contributed by atoms with E-state index in [2.05, 4.69) is 329 Å². The molecule has 10 heterocycles. The summed E-state index contributed by atoms with van der Waals surface area (Å²) in [6, 6.07) is 54.3. The molecule has 0 spiro atoms. The van der Waals surface area contributed by atoms with Gasteiger partial charge in [0.1, 0.15) is 5.82 Å². The number of hydrogen-bond acceptors (Lipinski definition) is 4. The number of halogens is 5. The number of ether oxygens (including phenoxy) is 1. The summed E-state index contributed by atoms with van der Waals surface area (Å²) < 4.78 is 57.8. The summed E-state index contributed by atoms with van der Waals surface area (Å²) in [5, 5.41) is 13.8. The van der Waals surface area contributed by atoms with E-state index in [9.17, 15) is 31.9 Å². The number of piperidine rings is 1.